The summed E-state index contributed by atoms with van der Waals surface area (Å²) in [5.41, 5.74) is -2.59. The SMILES string of the molecule is CC1(C(=O)O)COCC1Nc1n[nH]c(=O)[nH]c1=O. The van der Waals surface area contributed by atoms with Gasteiger partial charge in [0.05, 0.1) is 19.3 Å². The molecule has 1 aliphatic heterocycles. The van der Waals surface area contributed by atoms with Crippen molar-refractivity contribution in [2.45, 2.75) is 13.0 Å². The minimum atomic E-state index is -1.15. The van der Waals surface area contributed by atoms with E-state index in [1.54, 1.807) is 0 Å². The summed E-state index contributed by atoms with van der Waals surface area (Å²) in [6.07, 6.45) is 0. The quantitative estimate of drug-likeness (QED) is 0.509. The number of hydrogen-bond donors (Lipinski definition) is 4. The highest BCUT2D eigenvalue weighted by Gasteiger charge is 2.47. The highest BCUT2D eigenvalue weighted by molar-refractivity contribution is 5.76. The standard InChI is InChI=1S/C9H12N4O5/c1-9(7(15)16)3-18-2-4(9)10-5-6(14)11-8(17)13-12-5/h4H,2-3H2,1H3,(H,10,12)(H,15,16)(H2,11,13,14,17). The van der Waals surface area contributed by atoms with Gasteiger partial charge in [-0.05, 0) is 6.92 Å². The molecule has 1 fully saturated rings. The molecule has 0 aliphatic carbocycles. The Labute approximate surface area is 100 Å². The van der Waals surface area contributed by atoms with Gasteiger partial charge in [0.25, 0.3) is 5.56 Å². The van der Waals surface area contributed by atoms with Gasteiger partial charge in [0.15, 0.2) is 0 Å². The average Bonchev–Trinajstić information content (AvgIpc) is 2.66. The van der Waals surface area contributed by atoms with Crippen molar-refractivity contribution in [1.82, 2.24) is 15.2 Å². The summed E-state index contributed by atoms with van der Waals surface area (Å²) in [7, 11) is 0. The zero-order valence-corrected chi connectivity index (χ0v) is 9.52. The van der Waals surface area contributed by atoms with Crippen molar-refractivity contribution in [3.05, 3.63) is 20.8 Å². The molecule has 1 aliphatic rings. The van der Waals surface area contributed by atoms with E-state index in [1.807, 2.05) is 4.98 Å². The third-order valence-corrected chi connectivity index (χ3v) is 2.97. The number of carboxylic acids is 1. The molecule has 2 atom stereocenters. The van der Waals surface area contributed by atoms with Crippen LogP contribution in [-0.4, -0.2) is 45.5 Å². The fourth-order valence-corrected chi connectivity index (χ4v) is 1.70. The van der Waals surface area contributed by atoms with Crippen LogP contribution >= 0.6 is 0 Å². The van der Waals surface area contributed by atoms with Crippen molar-refractivity contribution in [3.8, 4) is 0 Å². The van der Waals surface area contributed by atoms with E-state index in [2.05, 4.69) is 15.5 Å². The molecule has 9 nitrogen and oxygen atoms in total. The molecule has 18 heavy (non-hydrogen) atoms. The van der Waals surface area contributed by atoms with E-state index in [1.165, 1.54) is 6.92 Å². The molecular weight excluding hydrogens is 244 g/mol. The average molecular weight is 256 g/mol. The fourth-order valence-electron chi connectivity index (χ4n) is 1.70. The largest absolute Gasteiger partial charge is 0.481 e. The second kappa shape index (κ2) is 4.26. The van der Waals surface area contributed by atoms with Gasteiger partial charge in [-0.15, -0.1) is 5.10 Å². The van der Waals surface area contributed by atoms with Gasteiger partial charge in [0.2, 0.25) is 5.82 Å². The van der Waals surface area contributed by atoms with Gasteiger partial charge in [-0.1, -0.05) is 0 Å². The number of carbonyl (C=O) groups is 1. The third-order valence-electron chi connectivity index (χ3n) is 2.97. The Bertz CT molecular complexity index is 579. The summed E-state index contributed by atoms with van der Waals surface area (Å²) in [5.74, 6) is -1.17. The predicted molar refractivity (Wildman–Crippen MR) is 59.5 cm³/mol. The van der Waals surface area contributed by atoms with Gasteiger partial charge in [0.1, 0.15) is 5.41 Å². The van der Waals surface area contributed by atoms with Gasteiger partial charge in [-0.3, -0.25) is 14.6 Å². The maximum Gasteiger partial charge on any atom is 0.342 e. The van der Waals surface area contributed by atoms with Crippen molar-refractivity contribution in [2.24, 2.45) is 5.41 Å². The Kier molecular flexibility index (Phi) is 2.91. The van der Waals surface area contributed by atoms with E-state index in [-0.39, 0.29) is 19.0 Å². The minimum absolute atomic E-state index is 0.0429. The number of aromatic amines is 2. The third kappa shape index (κ3) is 1.99. The first-order chi connectivity index (χ1) is 8.43. The van der Waals surface area contributed by atoms with Crippen LogP contribution < -0.4 is 16.6 Å². The molecule has 9 heteroatoms. The molecule has 0 spiro atoms. The van der Waals surface area contributed by atoms with Crippen LogP contribution in [0.25, 0.3) is 0 Å². The molecule has 0 saturated carbocycles. The Balaban J connectivity index is 2.26. The number of aromatic nitrogens is 3. The first kappa shape index (κ1) is 12.3. The van der Waals surface area contributed by atoms with Crippen molar-refractivity contribution in [2.75, 3.05) is 18.5 Å². The fraction of sp³-hybridized carbons (Fsp3) is 0.556. The summed E-state index contributed by atoms with van der Waals surface area (Å²) in [5, 5.41) is 17.4. The molecule has 4 N–H and O–H groups in total. The van der Waals surface area contributed by atoms with Crippen LogP contribution in [0.15, 0.2) is 9.59 Å². The summed E-state index contributed by atoms with van der Waals surface area (Å²) >= 11 is 0. The number of nitrogens with zero attached hydrogens (tertiary/aromatic N) is 1. The minimum Gasteiger partial charge on any atom is -0.481 e. The Morgan fingerprint density at radius 1 is 1.61 bits per heavy atom. The molecule has 2 heterocycles. The number of nitrogens with one attached hydrogen (secondary N) is 3. The second-order valence-corrected chi connectivity index (χ2v) is 4.29. The number of hydrogen-bond acceptors (Lipinski definition) is 6. The molecule has 2 rings (SSSR count). The lowest BCUT2D eigenvalue weighted by molar-refractivity contribution is -0.148. The second-order valence-electron chi connectivity index (χ2n) is 4.29. The molecule has 2 unspecified atom stereocenters. The van der Waals surface area contributed by atoms with Crippen LogP contribution in [0.2, 0.25) is 0 Å². The topological polar surface area (TPSA) is 137 Å². The monoisotopic (exact) mass is 256 g/mol. The van der Waals surface area contributed by atoms with E-state index in [0.717, 1.165) is 0 Å². The molecule has 98 valence electrons. The van der Waals surface area contributed by atoms with Gasteiger partial charge in [-0.2, -0.15) is 0 Å². The highest BCUT2D eigenvalue weighted by atomic mass is 16.5. The number of H-pyrrole nitrogens is 2. The molecule has 1 aromatic rings. The Hall–Kier alpha value is -2.16. The van der Waals surface area contributed by atoms with E-state index >= 15 is 0 Å². The van der Waals surface area contributed by atoms with Crippen LogP contribution in [0.4, 0.5) is 5.82 Å². The summed E-state index contributed by atoms with van der Waals surface area (Å²) in [4.78, 5) is 35.4. The van der Waals surface area contributed by atoms with Crippen molar-refractivity contribution < 1.29 is 14.6 Å². The number of rotatable bonds is 3. The van der Waals surface area contributed by atoms with Crippen LogP contribution in [0, 0.1) is 5.41 Å². The van der Waals surface area contributed by atoms with Gasteiger partial charge in [0, 0.05) is 0 Å². The van der Waals surface area contributed by atoms with Crippen molar-refractivity contribution >= 4 is 11.8 Å². The number of ether oxygens (including phenoxy) is 1. The summed E-state index contributed by atoms with van der Waals surface area (Å²) in [6, 6.07) is -0.602. The van der Waals surface area contributed by atoms with Gasteiger partial charge in [-0.25, -0.2) is 9.89 Å². The molecule has 0 radical (unpaired) electrons. The maximum atomic E-state index is 11.4. The van der Waals surface area contributed by atoms with Crippen molar-refractivity contribution in [3.63, 3.8) is 0 Å². The van der Waals surface area contributed by atoms with Crippen LogP contribution in [0.5, 0.6) is 0 Å². The first-order valence-corrected chi connectivity index (χ1v) is 5.20. The normalized spacial score (nSPS) is 27.1. The lowest BCUT2D eigenvalue weighted by atomic mass is 9.85. The van der Waals surface area contributed by atoms with E-state index in [9.17, 15) is 14.4 Å². The lowest BCUT2D eigenvalue weighted by Gasteiger charge is -2.25. The van der Waals surface area contributed by atoms with Crippen LogP contribution in [0.3, 0.4) is 0 Å². The molecule has 1 saturated heterocycles. The first-order valence-electron chi connectivity index (χ1n) is 5.20. The molecule has 0 bridgehead atoms. The Morgan fingerprint density at radius 3 is 2.94 bits per heavy atom. The number of anilines is 1. The zero-order chi connectivity index (χ0) is 13.3. The molecule has 0 aromatic carbocycles. The summed E-state index contributed by atoms with van der Waals surface area (Å²) < 4.78 is 5.11. The smallest absolute Gasteiger partial charge is 0.342 e. The van der Waals surface area contributed by atoms with E-state index in [0.29, 0.717) is 0 Å². The van der Waals surface area contributed by atoms with Crippen molar-refractivity contribution in [1.29, 1.82) is 0 Å². The van der Waals surface area contributed by atoms with Crippen LogP contribution in [0.1, 0.15) is 6.92 Å². The summed E-state index contributed by atoms with van der Waals surface area (Å²) in [6.45, 7) is 1.70. The molecular formula is C9H12N4O5. The van der Waals surface area contributed by atoms with Crippen LogP contribution in [-0.2, 0) is 9.53 Å². The lowest BCUT2D eigenvalue weighted by Crippen LogP contribution is -2.45. The molecule has 1 aromatic heterocycles. The van der Waals surface area contributed by atoms with Gasteiger partial charge < -0.3 is 15.2 Å². The van der Waals surface area contributed by atoms with E-state index < -0.39 is 28.7 Å². The number of aliphatic carboxylic acids is 1. The highest BCUT2D eigenvalue weighted by Crippen LogP contribution is 2.30. The Morgan fingerprint density at radius 2 is 2.33 bits per heavy atom. The molecule has 0 amide bonds. The van der Waals surface area contributed by atoms with E-state index in [4.69, 9.17) is 9.84 Å². The zero-order valence-electron chi connectivity index (χ0n) is 9.52. The van der Waals surface area contributed by atoms with Gasteiger partial charge >= 0.3 is 11.7 Å². The maximum absolute atomic E-state index is 11.4. The predicted octanol–water partition coefficient (Wildman–Crippen LogP) is -1.64. The number of carboxylic acid groups (broad SMARTS) is 1.